The van der Waals surface area contributed by atoms with Crippen molar-refractivity contribution in [2.75, 3.05) is 0 Å². The molecular weight excluding hydrogens is 378 g/mol. The number of hydrogen-bond acceptors (Lipinski definition) is 10. The molecule has 2 unspecified atom stereocenters. The van der Waals surface area contributed by atoms with E-state index >= 15 is 0 Å². The van der Waals surface area contributed by atoms with Crippen LogP contribution in [0, 0.1) is 0 Å². The first-order valence-electron chi connectivity index (χ1n) is 8.47. The minimum atomic E-state index is -1.73. The fourth-order valence-corrected chi connectivity index (χ4v) is 2.00. The van der Waals surface area contributed by atoms with E-state index in [2.05, 4.69) is 4.84 Å². The molecule has 0 aromatic carbocycles. The summed E-state index contributed by atoms with van der Waals surface area (Å²) < 4.78 is 14.7. The lowest BCUT2D eigenvalue weighted by Crippen LogP contribution is -2.39. The molecule has 11 nitrogen and oxygen atoms in total. The zero-order valence-electron chi connectivity index (χ0n) is 16.3. The van der Waals surface area contributed by atoms with Crippen molar-refractivity contribution in [3.63, 3.8) is 0 Å². The van der Waals surface area contributed by atoms with Gasteiger partial charge in [-0.15, -0.1) is 5.06 Å². The van der Waals surface area contributed by atoms with Crippen LogP contribution < -0.4 is 0 Å². The van der Waals surface area contributed by atoms with Crippen LogP contribution in [-0.4, -0.2) is 58.6 Å². The minimum Gasteiger partial charge on any atom is -0.457 e. The molecule has 1 rings (SSSR count). The summed E-state index contributed by atoms with van der Waals surface area (Å²) in [7, 11) is 0. The van der Waals surface area contributed by atoms with Crippen LogP contribution in [0.25, 0.3) is 0 Å². The lowest BCUT2D eigenvalue weighted by molar-refractivity contribution is -0.201. The van der Waals surface area contributed by atoms with Crippen LogP contribution in [-0.2, 0) is 47.8 Å². The number of hydrogen-bond donors (Lipinski definition) is 0. The molecule has 0 N–H and O–H groups in total. The van der Waals surface area contributed by atoms with E-state index in [1.807, 2.05) is 0 Å². The van der Waals surface area contributed by atoms with Gasteiger partial charge in [-0.2, -0.15) is 0 Å². The maximum atomic E-state index is 12.2. The fourth-order valence-electron chi connectivity index (χ4n) is 2.00. The Balaban J connectivity index is 2.72. The number of rotatable bonds is 7. The number of carbonyl (C=O) groups excluding carboxylic acids is 6. The van der Waals surface area contributed by atoms with Gasteiger partial charge >= 0.3 is 23.9 Å². The Kier molecular flexibility index (Phi) is 7.65. The molecule has 2 amide bonds. The summed E-state index contributed by atoms with van der Waals surface area (Å²) in [5.41, 5.74) is -0.814. The lowest BCUT2D eigenvalue weighted by atomic mass is 10.2. The molecule has 0 radical (unpaired) electrons. The van der Waals surface area contributed by atoms with Gasteiger partial charge in [0.05, 0.1) is 6.42 Å². The van der Waals surface area contributed by atoms with Gasteiger partial charge in [0.2, 0.25) is 6.10 Å². The molecule has 1 aliphatic heterocycles. The number of amides is 2. The Labute approximate surface area is 161 Å². The summed E-state index contributed by atoms with van der Waals surface area (Å²) in [5.74, 6) is -5.50. The zero-order valence-corrected chi connectivity index (χ0v) is 16.3. The first kappa shape index (κ1) is 23.1. The standard InChI is InChI=1S/C17H23NO10/c1-9(15(23)27-17(3,4)5)25-16(24)11(26-10(2)19)8-14(22)28-18-12(20)6-7-13(18)21/h9,11H,6-8H2,1-5H3. The van der Waals surface area contributed by atoms with Gasteiger partial charge < -0.3 is 19.0 Å². The number of imide groups is 1. The third-order valence-corrected chi connectivity index (χ3v) is 3.15. The van der Waals surface area contributed by atoms with Crippen LogP contribution in [0.3, 0.4) is 0 Å². The van der Waals surface area contributed by atoms with Crippen LogP contribution in [0.2, 0.25) is 0 Å². The zero-order chi connectivity index (χ0) is 21.6. The summed E-state index contributed by atoms with van der Waals surface area (Å²) in [5, 5.41) is 0.293. The fraction of sp³-hybridized carbons (Fsp3) is 0.647. The average molecular weight is 401 g/mol. The predicted molar refractivity (Wildman–Crippen MR) is 88.7 cm³/mol. The van der Waals surface area contributed by atoms with Crippen molar-refractivity contribution in [2.24, 2.45) is 0 Å². The molecule has 0 saturated carbocycles. The number of hydroxylamine groups is 2. The van der Waals surface area contributed by atoms with E-state index in [1.54, 1.807) is 20.8 Å². The second-order valence-corrected chi connectivity index (χ2v) is 6.96. The van der Waals surface area contributed by atoms with Gasteiger partial charge in [-0.05, 0) is 27.7 Å². The predicted octanol–water partition coefficient (Wildman–Crippen LogP) is 0.189. The summed E-state index contributed by atoms with van der Waals surface area (Å²) in [6.07, 6.45) is -4.09. The number of esters is 3. The largest absolute Gasteiger partial charge is 0.457 e. The summed E-state index contributed by atoms with van der Waals surface area (Å²) in [6, 6.07) is 0. The quantitative estimate of drug-likeness (QED) is 0.329. The molecular formula is C17H23NO10. The molecule has 28 heavy (non-hydrogen) atoms. The van der Waals surface area contributed by atoms with Gasteiger partial charge in [0.15, 0.2) is 6.10 Å². The van der Waals surface area contributed by atoms with Gasteiger partial charge in [-0.3, -0.25) is 14.4 Å². The van der Waals surface area contributed by atoms with Gasteiger partial charge in [-0.1, -0.05) is 0 Å². The maximum absolute atomic E-state index is 12.2. The van der Waals surface area contributed by atoms with E-state index in [-0.39, 0.29) is 12.8 Å². The van der Waals surface area contributed by atoms with E-state index in [1.165, 1.54) is 6.92 Å². The second kappa shape index (κ2) is 9.29. The highest BCUT2D eigenvalue weighted by Gasteiger charge is 2.36. The van der Waals surface area contributed by atoms with E-state index in [0.29, 0.717) is 5.06 Å². The van der Waals surface area contributed by atoms with Gasteiger partial charge in [0.25, 0.3) is 11.8 Å². The molecule has 2 atom stereocenters. The van der Waals surface area contributed by atoms with Crippen molar-refractivity contribution in [3.05, 3.63) is 0 Å². The first-order valence-corrected chi connectivity index (χ1v) is 8.47. The maximum Gasteiger partial charge on any atom is 0.348 e. The third kappa shape index (κ3) is 7.33. The molecule has 1 saturated heterocycles. The molecule has 0 bridgehead atoms. The van der Waals surface area contributed by atoms with E-state index in [4.69, 9.17) is 14.2 Å². The Morgan fingerprint density at radius 3 is 2.00 bits per heavy atom. The van der Waals surface area contributed by atoms with E-state index < -0.39 is 59.9 Å². The molecule has 1 fully saturated rings. The summed E-state index contributed by atoms with van der Waals surface area (Å²) in [6.45, 7) is 7.11. The number of nitrogens with zero attached hydrogens (tertiary/aromatic N) is 1. The van der Waals surface area contributed by atoms with Crippen molar-refractivity contribution < 1.29 is 47.8 Å². The molecule has 156 valence electrons. The van der Waals surface area contributed by atoms with Crippen molar-refractivity contribution in [1.82, 2.24) is 5.06 Å². The molecule has 1 heterocycles. The minimum absolute atomic E-state index is 0.102. The first-order chi connectivity index (χ1) is 12.8. The average Bonchev–Trinajstić information content (AvgIpc) is 2.84. The Hall–Kier alpha value is -2.98. The van der Waals surface area contributed by atoms with Gasteiger partial charge in [0, 0.05) is 19.8 Å². The van der Waals surface area contributed by atoms with Gasteiger partial charge in [-0.25, -0.2) is 14.4 Å². The molecule has 11 heteroatoms. The lowest BCUT2D eigenvalue weighted by Gasteiger charge is -2.23. The second-order valence-electron chi connectivity index (χ2n) is 6.96. The number of carbonyl (C=O) groups is 6. The van der Waals surface area contributed by atoms with Crippen molar-refractivity contribution in [1.29, 1.82) is 0 Å². The molecule has 0 spiro atoms. The SMILES string of the molecule is CC(=O)OC(CC(=O)ON1C(=O)CCC1=O)C(=O)OC(C)C(=O)OC(C)(C)C. The third-order valence-electron chi connectivity index (χ3n) is 3.15. The van der Waals surface area contributed by atoms with E-state index in [0.717, 1.165) is 6.92 Å². The number of ether oxygens (including phenoxy) is 3. The molecule has 0 aromatic heterocycles. The Morgan fingerprint density at radius 2 is 1.54 bits per heavy atom. The van der Waals surface area contributed by atoms with Crippen LogP contribution in [0.1, 0.15) is 53.9 Å². The summed E-state index contributed by atoms with van der Waals surface area (Å²) >= 11 is 0. The highest BCUT2D eigenvalue weighted by molar-refractivity contribution is 6.01. The van der Waals surface area contributed by atoms with Crippen LogP contribution in [0.4, 0.5) is 0 Å². The van der Waals surface area contributed by atoms with Crippen LogP contribution >= 0.6 is 0 Å². The summed E-state index contributed by atoms with van der Waals surface area (Å²) in [4.78, 5) is 74.7. The van der Waals surface area contributed by atoms with Gasteiger partial charge in [0.1, 0.15) is 5.60 Å². The highest BCUT2D eigenvalue weighted by atomic mass is 16.7. The van der Waals surface area contributed by atoms with Crippen LogP contribution in [0.5, 0.6) is 0 Å². The Bertz CT molecular complexity index is 662. The van der Waals surface area contributed by atoms with Crippen molar-refractivity contribution >= 4 is 35.7 Å². The molecule has 0 aromatic rings. The Morgan fingerprint density at radius 1 is 1.00 bits per heavy atom. The van der Waals surface area contributed by atoms with Crippen molar-refractivity contribution in [3.8, 4) is 0 Å². The molecule has 0 aliphatic carbocycles. The smallest absolute Gasteiger partial charge is 0.348 e. The van der Waals surface area contributed by atoms with Crippen LogP contribution in [0.15, 0.2) is 0 Å². The topological polar surface area (TPSA) is 143 Å². The normalized spacial score (nSPS) is 16.2. The monoisotopic (exact) mass is 401 g/mol. The van der Waals surface area contributed by atoms with Crippen molar-refractivity contribution in [2.45, 2.75) is 71.7 Å². The molecule has 1 aliphatic rings. The highest BCUT2D eigenvalue weighted by Crippen LogP contribution is 2.15. The van der Waals surface area contributed by atoms with E-state index in [9.17, 15) is 28.8 Å².